The Hall–Kier alpha value is -2.11. The Bertz CT molecular complexity index is 561. The molecule has 14 heavy (non-hydrogen) atoms. The van der Waals surface area contributed by atoms with Gasteiger partial charge in [0.2, 0.25) is 0 Å². The third-order valence-corrected chi connectivity index (χ3v) is 1.99. The molecule has 2 aromatic rings. The average Bonchev–Trinajstić information content (AvgIpc) is 2.14. The van der Waals surface area contributed by atoms with Crippen molar-refractivity contribution in [2.24, 2.45) is 0 Å². The van der Waals surface area contributed by atoms with Crippen LogP contribution in [0.4, 0.5) is 5.69 Å². The lowest BCUT2D eigenvalue weighted by Gasteiger charge is -2.05. The molecule has 6 nitrogen and oxygen atoms in total. The number of nitrogens with two attached hydrogens (primary N) is 1. The van der Waals surface area contributed by atoms with Crippen molar-refractivity contribution in [1.82, 2.24) is 14.7 Å². The topological polar surface area (TPSA) is 94.0 Å². The van der Waals surface area contributed by atoms with Gasteiger partial charge in [0.25, 0.3) is 5.56 Å². The lowest BCUT2D eigenvalue weighted by atomic mass is 10.2. The van der Waals surface area contributed by atoms with Gasteiger partial charge in [0.1, 0.15) is 6.33 Å². The first-order chi connectivity index (χ1) is 6.61. The summed E-state index contributed by atoms with van der Waals surface area (Å²) in [6.07, 6.45) is 1.27. The Balaban J connectivity index is 3.10. The Kier molecular flexibility index (Phi) is 1.63. The molecule has 72 valence electrons. The summed E-state index contributed by atoms with van der Waals surface area (Å²) in [4.78, 5) is 18.8. The number of nitrogen functional groups attached to an aromatic ring is 1. The summed E-state index contributed by atoms with van der Waals surface area (Å²) in [5, 5.41) is 9.86. The molecule has 0 spiro atoms. The summed E-state index contributed by atoms with van der Waals surface area (Å²) < 4.78 is 0.459. The number of rotatable bonds is 0. The van der Waals surface area contributed by atoms with E-state index in [9.17, 15) is 10.0 Å². The van der Waals surface area contributed by atoms with E-state index in [2.05, 4.69) is 9.97 Å². The molecule has 0 saturated carbocycles. The normalized spacial score (nSPS) is 10.6. The predicted molar refractivity (Wildman–Crippen MR) is 50.1 cm³/mol. The Labute approximate surface area is 78.6 Å². The van der Waals surface area contributed by atoms with Gasteiger partial charge in [0.15, 0.2) is 5.65 Å². The average molecular weight is 192 g/mol. The van der Waals surface area contributed by atoms with Crippen molar-refractivity contribution in [3.8, 4) is 0 Å². The van der Waals surface area contributed by atoms with E-state index >= 15 is 0 Å². The molecule has 6 heteroatoms. The quantitative estimate of drug-likeness (QED) is 0.569. The van der Waals surface area contributed by atoms with Crippen LogP contribution in [0, 0.1) is 6.92 Å². The lowest BCUT2D eigenvalue weighted by Crippen LogP contribution is -2.19. The lowest BCUT2D eigenvalue weighted by molar-refractivity contribution is 0.186. The third-order valence-electron chi connectivity index (χ3n) is 1.99. The van der Waals surface area contributed by atoms with E-state index in [1.807, 2.05) is 0 Å². The minimum Gasteiger partial charge on any atom is -0.423 e. The van der Waals surface area contributed by atoms with Gasteiger partial charge >= 0.3 is 0 Å². The summed E-state index contributed by atoms with van der Waals surface area (Å²) >= 11 is 0. The zero-order valence-electron chi connectivity index (χ0n) is 7.43. The number of nitrogens with zero attached hydrogens (tertiary/aromatic N) is 3. The zero-order chi connectivity index (χ0) is 10.3. The van der Waals surface area contributed by atoms with Crippen molar-refractivity contribution in [3.63, 3.8) is 0 Å². The number of hydrogen-bond donors (Lipinski definition) is 2. The first kappa shape index (κ1) is 8.49. The minimum absolute atomic E-state index is 0.127. The van der Waals surface area contributed by atoms with E-state index in [-0.39, 0.29) is 11.3 Å². The predicted octanol–water partition coefficient (Wildman–Crippen LogP) is -0.0806. The fourth-order valence-corrected chi connectivity index (χ4v) is 1.33. The monoisotopic (exact) mass is 192 g/mol. The SMILES string of the molecule is Cc1ncnc2c1c(N)cc(=O)n2O. The van der Waals surface area contributed by atoms with Crippen molar-refractivity contribution < 1.29 is 5.21 Å². The van der Waals surface area contributed by atoms with Gasteiger partial charge in [-0.2, -0.15) is 0 Å². The number of pyridine rings is 1. The Morgan fingerprint density at radius 1 is 1.50 bits per heavy atom. The molecule has 0 unspecified atom stereocenters. The van der Waals surface area contributed by atoms with Crippen molar-refractivity contribution in [1.29, 1.82) is 0 Å². The zero-order valence-corrected chi connectivity index (χ0v) is 7.43. The van der Waals surface area contributed by atoms with E-state index < -0.39 is 5.56 Å². The molecule has 0 aliphatic rings. The molecule has 0 bridgehead atoms. The highest BCUT2D eigenvalue weighted by Crippen LogP contribution is 2.17. The molecule has 0 aliphatic heterocycles. The number of hydrogen-bond acceptors (Lipinski definition) is 5. The van der Waals surface area contributed by atoms with Crippen LogP contribution in [0.5, 0.6) is 0 Å². The highest BCUT2D eigenvalue weighted by atomic mass is 16.5. The Morgan fingerprint density at radius 2 is 2.21 bits per heavy atom. The summed E-state index contributed by atoms with van der Waals surface area (Å²) in [5.41, 5.74) is 6.04. The van der Waals surface area contributed by atoms with Crippen molar-refractivity contribution in [2.75, 3.05) is 5.73 Å². The molecular formula is C8H8N4O2. The molecule has 0 saturated heterocycles. The largest absolute Gasteiger partial charge is 0.423 e. The van der Waals surface area contributed by atoms with Crippen LogP contribution in [0.2, 0.25) is 0 Å². The van der Waals surface area contributed by atoms with Crippen LogP contribution < -0.4 is 11.3 Å². The van der Waals surface area contributed by atoms with Gasteiger partial charge in [-0.05, 0) is 6.92 Å². The van der Waals surface area contributed by atoms with Crippen molar-refractivity contribution in [3.05, 3.63) is 28.4 Å². The van der Waals surface area contributed by atoms with Gasteiger partial charge in [-0.3, -0.25) is 4.79 Å². The van der Waals surface area contributed by atoms with Crippen LogP contribution in [-0.4, -0.2) is 19.9 Å². The van der Waals surface area contributed by atoms with Gasteiger partial charge in [0, 0.05) is 6.07 Å². The summed E-state index contributed by atoms with van der Waals surface area (Å²) in [5.74, 6) is 0. The number of fused-ring (bicyclic) bond motifs is 1. The van der Waals surface area contributed by atoms with Crippen molar-refractivity contribution in [2.45, 2.75) is 6.92 Å². The second kappa shape index (κ2) is 2.69. The fraction of sp³-hybridized carbons (Fsp3) is 0.125. The standard InChI is InChI=1S/C8H8N4O2/c1-4-7-5(9)2-6(13)12(14)8(7)11-3-10-4/h2-3,14H,9H2,1H3. The van der Waals surface area contributed by atoms with Crippen LogP contribution in [-0.2, 0) is 0 Å². The highest BCUT2D eigenvalue weighted by Gasteiger charge is 2.09. The highest BCUT2D eigenvalue weighted by molar-refractivity contribution is 5.89. The summed E-state index contributed by atoms with van der Waals surface area (Å²) in [6.45, 7) is 1.73. The number of aromatic nitrogens is 3. The molecule has 0 fully saturated rings. The van der Waals surface area contributed by atoms with E-state index in [0.29, 0.717) is 15.8 Å². The van der Waals surface area contributed by atoms with E-state index in [1.54, 1.807) is 6.92 Å². The molecule has 0 radical (unpaired) electrons. The van der Waals surface area contributed by atoms with Crippen LogP contribution in [0.1, 0.15) is 5.69 Å². The third kappa shape index (κ3) is 1.00. The Morgan fingerprint density at radius 3 is 2.93 bits per heavy atom. The maximum atomic E-state index is 11.1. The molecule has 0 amide bonds. The fourth-order valence-electron chi connectivity index (χ4n) is 1.33. The van der Waals surface area contributed by atoms with Crippen LogP contribution >= 0.6 is 0 Å². The molecular weight excluding hydrogens is 184 g/mol. The second-order valence-corrected chi connectivity index (χ2v) is 2.91. The van der Waals surface area contributed by atoms with Crippen LogP contribution in [0.3, 0.4) is 0 Å². The number of anilines is 1. The molecule has 2 aromatic heterocycles. The first-order valence-electron chi connectivity index (χ1n) is 3.93. The second-order valence-electron chi connectivity index (χ2n) is 2.91. The first-order valence-corrected chi connectivity index (χ1v) is 3.93. The van der Waals surface area contributed by atoms with Gasteiger partial charge in [0.05, 0.1) is 16.8 Å². The van der Waals surface area contributed by atoms with Gasteiger partial charge < -0.3 is 10.9 Å². The van der Waals surface area contributed by atoms with Gasteiger partial charge in [-0.15, -0.1) is 4.73 Å². The summed E-state index contributed by atoms with van der Waals surface area (Å²) in [7, 11) is 0. The molecule has 0 atom stereocenters. The molecule has 2 heterocycles. The molecule has 0 aromatic carbocycles. The van der Waals surface area contributed by atoms with E-state index in [1.165, 1.54) is 6.33 Å². The van der Waals surface area contributed by atoms with Crippen LogP contribution in [0.15, 0.2) is 17.2 Å². The van der Waals surface area contributed by atoms with Gasteiger partial charge in [-0.1, -0.05) is 0 Å². The van der Waals surface area contributed by atoms with E-state index in [4.69, 9.17) is 5.73 Å². The molecule has 2 rings (SSSR count). The van der Waals surface area contributed by atoms with Crippen molar-refractivity contribution >= 4 is 16.7 Å². The smallest absolute Gasteiger partial charge is 0.286 e. The maximum absolute atomic E-state index is 11.1. The minimum atomic E-state index is -0.604. The van der Waals surface area contributed by atoms with Crippen LogP contribution in [0.25, 0.3) is 11.0 Å². The molecule has 3 N–H and O–H groups in total. The summed E-state index contributed by atoms with van der Waals surface area (Å²) in [6, 6.07) is 1.14. The van der Waals surface area contributed by atoms with E-state index in [0.717, 1.165) is 6.07 Å². The van der Waals surface area contributed by atoms with Gasteiger partial charge in [-0.25, -0.2) is 9.97 Å². The number of aryl methyl sites for hydroxylation is 1. The maximum Gasteiger partial charge on any atom is 0.286 e. The molecule has 0 aliphatic carbocycles.